The summed E-state index contributed by atoms with van der Waals surface area (Å²) in [6, 6.07) is 3.48. The molecule has 2 heterocycles. The molecule has 0 bridgehead atoms. The minimum atomic E-state index is -0.0949. The maximum Gasteiger partial charge on any atom is 0.272 e. The van der Waals surface area contributed by atoms with Crippen molar-refractivity contribution in [2.75, 3.05) is 26.7 Å². The average Bonchev–Trinajstić information content (AvgIpc) is 2.53. The summed E-state index contributed by atoms with van der Waals surface area (Å²) < 4.78 is 5.65. The third-order valence-electron chi connectivity index (χ3n) is 3.42. The first kappa shape index (κ1) is 15.5. The molecule has 1 fully saturated rings. The zero-order chi connectivity index (χ0) is 15.1. The number of amides is 1. The van der Waals surface area contributed by atoms with Crippen molar-refractivity contribution in [3.05, 3.63) is 29.6 Å². The van der Waals surface area contributed by atoms with E-state index >= 15 is 0 Å². The van der Waals surface area contributed by atoms with Crippen molar-refractivity contribution in [2.45, 2.75) is 25.4 Å². The molecule has 1 aliphatic heterocycles. The SMILES string of the molecule is CN(CC1CCCCO1)C(=O)c1ccc(C#CCN)cn1. The van der Waals surface area contributed by atoms with Gasteiger partial charge < -0.3 is 15.4 Å². The molecule has 1 unspecified atom stereocenters. The van der Waals surface area contributed by atoms with Crippen LogP contribution in [-0.2, 0) is 4.74 Å². The molecule has 0 saturated carbocycles. The highest BCUT2D eigenvalue weighted by Gasteiger charge is 2.20. The third-order valence-corrected chi connectivity index (χ3v) is 3.42. The van der Waals surface area contributed by atoms with Gasteiger partial charge in [-0.25, -0.2) is 4.98 Å². The molecular weight excluding hydrogens is 266 g/mol. The van der Waals surface area contributed by atoms with E-state index < -0.39 is 0 Å². The fourth-order valence-corrected chi connectivity index (χ4v) is 2.28. The van der Waals surface area contributed by atoms with Crippen LogP contribution in [-0.4, -0.2) is 48.6 Å². The quantitative estimate of drug-likeness (QED) is 0.843. The number of carbonyl (C=O) groups is 1. The van der Waals surface area contributed by atoms with Crippen molar-refractivity contribution in [1.29, 1.82) is 0 Å². The van der Waals surface area contributed by atoms with Crippen LogP contribution in [0.1, 0.15) is 35.3 Å². The Morgan fingerprint density at radius 3 is 3.00 bits per heavy atom. The predicted octanol–water partition coefficient (Wildman–Crippen LogP) is 1.03. The highest BCUT2D eigenvalue weighted by atomic mass is 16.5. The van der Waals surface area contributed by atoms with E-state index in [2.05, 4.69) is 16.8 Å². The van der Waals surface area contributed by atoms with Gasteiger partial charge in [-0.2, -0.15) is 0 Å². The zero-order valence-corrected chi connectivity index (χ0v) is 12.3. The van der Waals surface area contributed by atoms with Crippen molar-refractivity contribution < 1.29 is 9.53 Å². The van der Waals surface area contributed by atoms with Gasteiger partial charge in [0.2, 0.25) is 0 Å². The first-order chi connectivity index (χ1) is 10.2. The summed E-state index contributed by atoms with van der Waals surface area (Å²) in [6.45, 7) is 1.71. The number of ether oxygens (including phenoxy) is 1. The lowest BCUT2D eigenvalue weighted by atomic mass is 10.1. The van der Waals surface area contributed by atoms with Crippen LogP contribution in [0.15, 0.2) is 18.3 Å². The summed E-state index contributed by atoms with van der Waals surface area (Å²) >= 11 is 0. The van der Waals surface area contributed by atoms with Gasteiger partial charge in [-0.05, 0) is 31.4 Å². The van der Waals surface area contributed by atoms with Gasteiger partial charge in [-0.3, -0.25) is 4.79 Å². The van der Waals surface area contributed by atoms with Gasteiger partial charge in [-0.15, -0.1) is 0 Å². The number of nitrogens with two attached hydrogens (primary N) is 1. The van der Waals surface area contributed by atoms with E-state index in [1.54, 1.807) is 30.3 Å². The van der Waals surface area contributed by atoms with E-state index in [0.29, 0.717) is 18.8 Å². The van der Waals surface area contributed by atoms with Crippen molar-refractivity contribution in [3.63, 3.8) is 0 Å². The van der Waals surface area contributed by atoms with Crippen LogP contribution in [0.2, 0.25) is 0 Å². The molecule has 1 amide bonds. The van der Waals surface area contributed by atoms with Crippen LogP contribution in [0.3, 0.4) is 0 Å². The second kappa shape index (κ2) is 7.77. The highest BCUT2D eigenvalue weighted by molar-refractivity contribution is 5.92. The minimum Gasteiger partial charge on any atom is -0.376 e. The van der Waals surface area contributed by atoms with Gasteiger partial charge in [0, 0.05) is 32.0 Å². The fourth-order valence-electron chi connectivity index (χ4n) is 2.28. The van der Waals surface area contributed by atoms with Crippen molar-refractivity contribution in [2.24, 2.45) is 5.73 Å². The molecule has 0 spiro atoms. The standard InChI is InChI=1S/C16H21N3O2/c1-19(12-14-6-2-3-10-21-14)16(20)15-8-7-13(11-18-15)5-4-9-17/h7-8,11,14H,2-3,6,9-10,12,17H2,1H3. The monoisotopic (exact) mass is 287 g/mol. The largest absolute Gasteiger partial charge is 0.376 e. The first-order valence-electron chi connectivity index (χ1n) is 7.23. The van der Waals surface area contributed by atoms with Gasteiger partial charge in [0.1, 0.15) is 5.69 Å². The van der Waals surface area contributed by atoms with E-state index in [1.807, 2.05) is 0 Å². The fraction of sp³-hybridized carbons (Fsp3) is 0.500. The second-order valence-electron chi connectivity index (χ2n) is 5.11. The molecule has 5 heteroatoms. The van der Waals surface area contributed by atoms with Crippen LogP contribution >= 0.6 is 0 Å². The number of likely N-dealkylation sites (N-methyl/N-ethyl adjacent to an activating group) is 1. The molecular formula is C16H21N3O2. The number of hydrogen-bond donors (Lipinski definition) is 1. The van der Waals surface area contributed by atoms with Crippen molar-refractivity contribution in [3.8, 4) is 11.8 Å². The zero-order valence-electron chi connectivity index (χ0n) is 12.3. The van der Waals surface area contributed by atoms with Gasteiger partial charge in [0.25, 0.3) is 5.91 Å². The van der Waals surface area contributed by atoms with E-state index in [9.17, 15) is 4.79 Å². The molecule has 1 aromatic heterocycles. The Morgan fingerprint density at radius 2 is 2.38 bits per heavy atom. The van der Waals surface area contributed by atoms with Gasteiger partial charge >= 0.3 is 0 Å². The van der Waals surface area contributed by atoms with E-state index in [0.717, 1.165) is 25.0 Å². The summed E-state index contributed by atoms with van der Waals surface area (Å²) in [6.07, 6.45) is 5.03. The lowest BCUT2D eigenvalue weighted by molar-refractivity contribution is -0.000289. The molecule has 21 heavy (non-hydrogen) atoms. The highest BCUT2D eigenvalue weighted by Crippen LogP contribution is 2.14. The summed E-state index contributed by atoms with van der Waals surface area (Å²) in [7, 11) is 1.78. The maximum absolute atomic E-state index is 12.3. The average molecular weight is 287 g/mol. The molecule has 2 N–H and O–H groups in total. The van der Waals surface area contributed by atoms with Crippen LogP contribution < -0.4 is 5.73 Å². The lowest BCUT2D eigenvalue weighted by Gasteiger charge is -2.27. The number of aromatic nitrogens is 1. The number of pyridine rings is 1. The molecule has 5 nitrogen and oxygen atoms in total. The van der Waals surface area contributed by atoms with Crippen LogP contribution in [0, 0.1) is 11.8 Å². The molecule has 112 valence electrons. The Labute approximate surface area is 125 Å². The molecule has 1 aromatic rings. The number of carbonyl (C=O) groups excluding carboxylic acids is 1. The molecule has 1 saturated heterocycles. The molecule has 1 aliphatic rings. The van der Waals surface area contributed by atoms with Crippen LogP contribution in [0.4, 0.5) is 0 Å². The van der Waals surface area contributed by atoms with Gasteiger partial charge in [0.05, 0.1) is 12.6 Å². The summed E-state index contributed by atoms with van der Waals surface area (Å²) in [5.41, 5.74) is 6.50. The Bertz CT molecular complexity index is 525. The normalized spacial score (nSPS) is 17.7. The summed E-state index contributed by atoms with van der Waals surface area (Å²) in [5, 5.41) is 0. The lowest BCUT2D eigenvalue weighted by Crippen LogP contribution is -2.37. The van der Waals surface area contributed by atoms with Crippen LogP contribution in [0.5, 0.6) is 0 Å². The third kappa shape index (κ3) is 4.55. The van der Waals surface area contributed by atoms with E-state index in [1.165, 1.54) is 6.42 Å². The summed E-state index contributed by atoms with van der Waals surface area (Å²) in [5.74, 6) is 5.54. The predicted molar refractivity (Wildman–Crippen MR) is 80.7 cm³/mol. The molecule has 0 radical (unpaired) electrons. The van der Waals surface area contributed by atoms with Crippen molar-refractivity contribution >= 4 is 5.91 Å². The van der Waals surface area contributed by atoms with E-state index in [4.69, 9.17) is 10.5 Å². The number of nitrogens with zero attached hydrogens (tertiary/aromatic N) is 2. The number of rotatable bonds is 3. The van der Waals surface area contributed by atoms with E-state index in [-0.39, 0.29) is 12.0 Å². The molecule has 2 rings (SSSR count). The molecule has 0 aromatic carbocycles. The smallest absolute Gasteiger partial charge is 0.272 e. The first-order valence-corrected chi connectivity index (χ1v) is 7.23. The van der Waals surface area contributed by atoms with Crippen molar-refractivity contribution in [1.82, 2.24) is 9.88 Å². The van der Waals surface area contributed by atoms with Crippen LogP contribution in [0.25, 0.3) is 0 Å². The number of hydrogen-bond acceptors (Lipinski definition) is 4. The Balaban J connectivity index is 1.94. The summed E-state index contributed by atoms with van der Waals surface area (Å²) in [4.78, 5) is 18.1. The minimum absolute atomic E-state index is 0.0949. The molecule has 1 atom stereocenters. The Hall–Kier alpha value is -1.90. The Kier molecular flexibility index (Phi) is 5.73. The van der Waals surface area contributed by atoms with Gasteiger partial charge in [-0.1, -0.05) is 11.8 Å². The molecule has 0 aliphatic carbocycles. The van der Waals surface area contributed by atoms with Gasteiger partial charge in [0.15, 0.2) is 0 Å². The topological polar surface area (TPSA) is 68.5 Å². The second-order valence-corrected chi connectivity index (χ2v) is 5.11. The maximum atomic E-state index is 12.3. The Morgan fingerprint density at radius 1 is 1.52 bits per heavy atom.